The molecule has 6 heteroatoms. The Morgan fingerprint density at radius 1 is 1.33 bits per heavy atom. The number of benzene rings is 1. The Bertz CT molecular complexity index is 622. The maximum absolute atomic E-state index is 11.8. The van der Waals surface area contributed by atoms with E-state index in [-0.39, 0.29) is 5.69 Å². The Balaban J connectivity index is 2.60. The summed E-state index contributed by atoms with van der Waals surface area (Å²) in [7, 11) is 0. The van der Waals surface area contributed by atoms with Gasteiger partial charge in [-0.1, -0.05) is 30.3 Å². The Kier molecular flexibility index (Phi) is 3.09. The molecule has 1 aromatic carbocycles. The number of nitrogens with zero attached hydrogens (tertiary/aromatic N) is 2. The highest BCUT2D eigenvalue weighted by molar-refractivity contribution is 5.76. The van der Waals surface area contributed by atoms with E-state index in [1.54, 1.807) is 30.3 Å². The number of carboxylic acid groups (broad SMARTS) is 1. The predicted molar refractivity (Wildman–Crippen MR) is 65.1 cm³/mol. The van der Waals surface area contributed by atoms with E-state index in [2.05, 4.69) is 4.98 Å². The Morgan fingerprint density at radius 3 is 2.61 bits per heavy atom. The Morgan fingerprint density at radius 2 is 2.00 bits per heavy atom. The van der Waals surface area contributed by atoms with Gasteiger partial charge >= 0.3 is 5.97 Å². The van der Waals surface area contributed by atoms with E-state index in [9.17, 15) is 14.7 Å². The van der Waals surface area contributed by atoms with Crippen LogP contribution in [0.1, 0.15) is 11.6 Å². The van der Waals surface area contributed by atoms with Crippen molar-refractivity contribution in [1.29, 1.82) is 0 Å². The zero-order valence-electron chi connectivity index (χ0n) is 9.35. The molecule has 1 atom stereocenters. The summed E-state index contributed by atoms with van der Waals surface area (Å²) in [5.74, 6) is -1.14. The molecule has 92 valence electrons. The maximum Gasteiger partial charge on any atom is 0.331 e. The van der Waals surface area contributed by atoms with Crippen LogP contribution in [0.25, 0.3) is 0 Å². The van der Waals surface area contributed by atoms with E-state index in [1.807, 2.05) is 0 Å². The van der Waals surface area contributed by atoms with E-state index in [0.29, 0.717) is 5.56 Å². The average Bonchev–Trinajstić information content (AvgIpc) is 2.36. The molecule has 0 fully saturated rings. The molecule has 1 heterocycles. The third kappa shape index (κ3) is 2.08. The summed E-state index contributed by atoms with van der Waals surface area (Å²) in [6.07, 6.45) is 2.37. The fourth-order valence-corrected chi connectivity index (χ4v) is 1.68. The average molecular weight is 245 g/mol. The number of hydrogen-bond acceptors (Lipinski definition) is 4. The number of carboxylic acids is 1. The third-order valence-electron chi connectivity index (χ3n) is 2.51. The van der Waals surface area contributed by atoms with Crippen molar-refractivity contribution < 1.29 is 9.90 Å². The summed E-state index contributed by atoms with van der Waals surface area (Å²) in [6, 6.07) is 7.31. The van der Waals surface area contributed by atoms with Crippen LogP contribution in [0.2, 0.25) is 0 Å². The van der Waals surface area contributed by atoms with Crippen molar-refractivity contribution in [2.45, 2.75) is 6.04 Å². The summed E-state index contributed by atoms with van der Waals surface area (Å²) < 4.78 is 1.01. The summed E-state index contributed by atoms with van der Waals surface area (Å²) in [6.45, 7) is 0. The zero-order chi connectivity index (χ0) is 13.1. The monoisotopic (exact) mass is 245 g/mol. The summed E-state index contributed by atoms with van der Waals surface area (Å²) in [5.41, 5.74) is 5.28. The largest absolute Gasteiger partial charge is 0.479 e. The van der Waals surface area contributed by atoms with Gasteiger partial charge in [0.1, 0.15) is 5.69 Å². The van der Waals surface area contributed by atoms with E-state index in [0.717, 1.165) is 4.57 Å². The molecular formula is C12H11N3O3. The van der Waals surface area contributed by atoms with Gasteiger partial charge in [-0.2, -0.15) is 0 Å². The zero-order valence-corrected chi connectivity index (χ0v) is 9.35. The van der Waals surface area contributed by atoms with Crippen molar-refractivity contribution in [3.63, 3.8) is 0 Å². The quantitative estimate of drug-likeness (QED) is 0.820. The van der Waals surface area contributed by atoms with E-state index in [4.69, 9.17) is 5.73 Å². The molecule has 2 aromatic rings. The standard InChI is InChI=1S/C12H11N3O3/c13-9-6-14-7-15(11(9)16)10(12(17)18)8-4-2-1-3-5-8/h1-7,10H,13H2,(H,17,18). The minimum absolute atomic E-state index is 0.0836. The van der Waals surface area contributed by atoms with Crippen LogP contribution < -0.4 is 11.3 Å². The SMILES string of the molecule is Nc1cncn(C(C(=O)O)c2ccccc2)c1=O. The first-order chi connectivity index (χ1) is 8.61. The lowest BCUT2D eigenvalue weighted by Gasteiger charge is -2.15. The van der Waals surface area contributed by atoms with Gasteiger partial charge in [-0.15, -0.1) is 0 Å². The molecule has 0 spiro atoms. The molecule has 0 aliphatic carbocycles. The first-order valence-corrected chi connectivity index (χ1v) is 5.20. The van der Waals surface area contributed by atoms with E-state index in [1.165, 1.54) is 12.5 Å². The number of rotatable bonds is 3. The van der Waals surface area contributed by atoms with Crippen molar-refractivity contribution in [2.24, 2.45) is 0 Å². The summed E-state index contributed by atoms with van der Waals surface area (Å²) >= 11 is 0. The van der Waals surface area contributed by atoms with Crippen LogP contribution in [0.15, 0.2) is 47.7 Å². The van der Waals surface area contributed by atoms with Gasteiger partial charge in [0, 0.05) is 0 Å². The molecule has 6 nitrogen and oxygen atoms in total. The number of nitrogens with two attached hydrogens (primary N) is 1. The van der Waals surface area contributed by atoms with E-state index >= 15 is 0 Å². The van der Waals surface area contributed by atoms with Gasteiger partial charge in [0.15, 0.2) is 6.04 Å². The van der Waals surface area contributed by atoms with Crippen LogP contribution in [-0.4, -0.2) is 20.6 Å². The van der Waals surface area contributed by atoms with Crippen molar-refractivity contribution in [3.8, 4) is 0 Å². The van der Waals surface area contributed by atoms with Crippen LogP contribution in [-0.2, 0) is 4.79 Å². The Labute approximate surface area is 102 Å². The first-order valence-electron chi connectivity index (χ1n) is 5.20. The highest BCUT2D eigenvalue weighted by Crippen LogP contribution is 2.16. The lowest BCUT2D eigenvalue weighted by atomic mass is 10.1. The molecule has 0 aliphatic rings. The fraction of sp³-hybridized carbons (Fsp3) is 0.0833. The van der Waals surface area contributed by atoms with Crippen LogP contribution in [0.4, 0.5) is 5.69 Å². The van der Waals surface area contributed by atoms with Gasteiger partial charge in [0.2, 0.25) is 0 Å². The first kappa shape index (κ1) is 11.8. The minimum Gasteiger partial charge on any atom is -0.479 e. The minimum atomic E-state index is -1.14. The highest BCUT2D eigenvalue weighted by atomic mass is 16.4. The second kappa shape index (κ2) is 4.70. The van der Waals surface area contributed by atoms with Crippen molar-refractivity contribution in [1.82, 2.24) is 9.55 Å². The molecule has 1 unspecified atom stereocenters. The fourth-order valence-electron chi connectivity index (χ4n) is 1.68. The second-order valence-corrected chi connectivity index (χ2v) is 3.71. The molecule has 0 saturated heterocycles. The maximum atomic E-state index is 11.8. The van der Waals surface area contributed by atoms with Crippen molar-refractivity contribution in [2.75, 3.05) is 5.73 Å². The lowest BCUT2D eigenvalue weighted by Crippen LogP contribution is -2.31. The predicted octanol–water partition coefficient (Wildman–Crippen LogP) is 0.499. The molecule has 3 N–H and O–H groups in total. The van der Waals surface area contributed by atoms with Gasteiger partial charge in [-0.3, -0.25) is 9.36 Å². The summed E-state index contributed by atoms with van der Waals surface area (Å²) in [5, 5.41) is 9.27. The molecule has 0 saturated carbocycles. The Hall–Kier alpha value is -2.63. The van der Waals surface area contributed by atoms with Crippen molar-refractivity contribution in [3.05, 3.63) is 58.8 Å². The van der Waals surface area contributed by atoms with Gasteiger partial charge in [0.25, 0.3) is 5.56 Å². The number of nitrogen functional groups attached to an aromatic ring is 1. The molecule has 0 bridgehead atoms. The molecule has 0 aliphatic heterocycles. The van der Waals surface area contributed by atoms with Crippen molar-refractivity contribution >= 4 is 11.7 Å². The van der Waals surface area contributed by atoms with Crippen LogP contribution in [0.5, 0.6) is 0 Å². The number of anilines is 1. The van der Waals surface area contributed by atoms with E-state index < -0.39 is 17.6 Å². The molecule has 1 aromatic heterocycles. The smallest absolute Gasteiger partial charge is 0.331 e. The van der Waals surface area contributed by atoms with Gasteiger partial charge in [-0.25, -0.2) is 9.78 Å². The number of aromatic nitrogens is 2. The molecule has 18 heavy (non-hydrogen) atoms. The highest BCUT2D eigenvalue weighted by Gasteiger charge is 2.23. The molecule has 0 amide bonds. The topological polar surface area (TPSA) is 98.2 Å². The van der Waals surface area contributed by atoms with Gasteiger partial charge < -0.3 is 10.8 Å². The number of hydrogen-bond donors (Lipinski definition) is 2. The number of carbonyl (C=O) groups is 1. The molecule has 2 rings (SSSR count). The normalized spacial score (nSPS) is 12.0. The molecular weight excluding hydrogens is 234 g/mol. The third-order valence-corrected chi connectivity index (χ3v) is 2.51. The van der Waals surface area contributed by atoms with Crippen LogP contribution >= 0.6 is 0 Å². The molecule has 0 radical (unpaired) electrons. The van der Waals surface area contributed by atoms with Gasteiger partial charge in [0.05, 0.1) is 12.5 Å². The van der Waals surface area contributed by atoms with Gasteiger partial charge in [-0.05, 0) is 5.56 Å². The summed E-state index contributed by atoms with van der Waals surface area (Å²) in [4.78, 5) is 26.9. The number of aliphatic carboxylic acids is 1. The second-order valence-electron chi connectivity index (χ2n) is 3.71. The van der Waals surface area contributed by atoms with Crippen LogP contribution in [0, 0.1) is 0 Å². The lowest BCUT2D eigenvalue weighted by molar-refractivity contribution is -0.139. The van der Waals surface area contributed by atoms with Crippen LogP contribution in [0.3, 0.4) is 0 Å².